The third-order valence-electron chi connectivity index (χ3n) is 5.76. The standard InChI is InChI=1S/C22H29BrN4O3/c1-3-4-10-24-21(29)16-6-5-15(2)27(13-16)20(28)9-11-26-14-25-19-8-7-17(23)12-18(19)22(26)30/h7-8,12,14-16H,3-6,9-11,13H2,1-2H3,(H,24,29). The van der Waals surface area contributed by atoms with Gasteiger partial charge in [0.25, 0.3) is 5.56 Å². The first-order chi connectivity index (χ1) is 14.4. The SMILES string of the molecule is CCCCNC(=O)C1CCC(C)N(C(=O)CCn2cnc3ccc(Br)cc3c2=O)C1. The molecule has 30 heavy (non-hydrogen) atoms. The monoisotopic (exact) mass is 476 g/mol. The Morgan fingerprint density at radius 3 is 2.87 bits per heavy atom. The number of likely N-dealkylation sites (tertiary alicyclic amines) is 1. The molecule has 1 saturated heterocycles. The van der Waals surface area contributed by atoms with Crippen LogP contribution in [0.2, 0.25) is 0 Å². The van der Waals surface area contributed by atoms with Gasteiger partial charge in [-0.2, -0.15) is 0 Å². The van der Waals surface area contributed by atoms with Crippen LogP contribution in [0.25, 0.3) is 10.9 Å². The Morgan fingerprint density at radius 1 is 1.30 bits per heavy atom. The van der Waals surface area contributed by atoms with Crippen LogP contribution in [0.5, 0.6) is 0 Å². The number of benzene rings is 1. The number of carbonyl (C=O) groups excluding carboxylic acids is 2. The first kappa shape index (κ1) is 22.5. The van der Waals surface area contributed by atoms with Crippen LogP contribution < -0.4 is 10.9 Å². The molecule has 1 aliphatic rings. The Kier molecular flexibility index (Phi) is 7.64. The van der Waals surface area contributed by atoms with Crippen LogP contribution in [0.1, 0.15) is 46.0 Å². The molecule has 1 aromatic carbocycles. The molecule has 0 saturated carbocycles. The van der Waals surface area contributed by atoms with Crippen molar-refractivity contribution < 1.29 is 9.59 Å². The van der Waals surface area contributed by atoms with Crippen LogP contribution in [-0.4, -0.2) is 45.4 Å². The van der Waals surface area contributed by atoms with E-state index in [0.29, 0.717) is 24.0 Å². The van der Waals surface area contributed by atoms with E-state index in [9.17, 15) is 14.4 Å². The van der Waals surface area contributed by atoms with Crippen molar-refractivity contribution in [3.05, 3.63) is 39.4 Å². The molecule has 2 amide bonds. The topological polar surface area (TPSA) is 84.3 Å². The zero-order chi connectivity index (χ0) is 21.7. The number of fused-ring (bicyclic) bond motifs is 1. The lowest BCUT2D eigenvalue weighted by atomic mass is 9.92. The summed E-state index contributed by atoms with van der Waals surface area (Å²) in [6, 6.07) is 5.48. The second-order valence-electron chi connectivity index (χ2n) is 7.97. The van der Waals surface area contributed by atoms with E-state index in [1.165, 1.54) is 10.9 Å². The van der Waals surface area contributed by atoms with Crippen molar-refractivity contribution >= 4 is 38.6 Å². The molecule has 0 spiro atoms. The fraction of sp³-hybridized carbons (Fsp3) is 0.545. The highest BCUT2D eigenvalue weighted by molar-refractivity contribution is 9.10. The van der Waals surface area contributed by atoms with E-state index in [-0.39, 0.29) is 42.3 Å². The molecule has 2 unspecified atom stereocenters. The van der Waals surface area contributed by atoms with Gasteiger partial charge in [-0.1, -0.05) is 29.3 Å². The maximum atomic E-state index is 12.9. The van der Waals surface area contributed by atoms with Crippen LogP contribution >= 0.6 is 15.9 Å². The predicted octanol–water partition coefficient (Wildman–Crippen LogP) is 3.09. The summed E-state index contributed by atoms with van der Waals surface area (Å²) in [5.41, 5.74) is 0.473. The van der Waals surface area contributed by atoms with Crippen molar-refractivity contribution in [2.24, 2.45) is 5.92 Å². The first-order valence-electron chi connectivity index (χ1n) is 10.6. The fourth-order valence-corrected chi connectivity index (χ4v) is 4.21. The molecule has 8 heteroatoms. The quantitative estimate of drug-likeness (QED) is 0.622. The summed E-state index contributed by atoms with van der Waals surface area (Å²) in [6.07, 6.45) is 5.30. The van der Waals surface area contributed by atoms with Crippen molar-refractivity contribution in [2.75, 3.05) is 13.1 Å². The summed E-state index contributed by atoms with van der Waals surface area (Å²) in [4.78, 5) is 44.2. The highest BCUT2D eigenvalue weighted by Gasteiger charge is 2.32. The first-order valence-corrected chi connectivity index (χ1v) is 11.4. The number of hydrogen-bond donors (Lipinski definition) is 1. The number of amides is 2. The summed E-state index contributed by atoms with van der Waals surface area (Å²) in [7, 11) is 0. The minimum Gasteiger partial charge on any atom is -0.356 e. The minimum atomic E-state index is -0.163. The van der Waals surface area contributed by atoms with Gasteiger partial charge in [0.05, 0.1) is 23.1 Å². The van der Waals surface area contributed by atoms with Gasteiger partial charge in [0.2, 0.25) is 11.8 Å². The summed E-state index contributed by atoms with van der Waals surface area (Å²) in [6.45, 7) is 5.50. The maximum absolute atomic E-state index is 12.9. The van der Waals surface area contributed by atoms with Gasteiger partial charge in [0.1, 0.15) is 0 Å². The molecule has 1 N–H and O–H groups in total. The largest absolute Gasteiger partial charge is 0.356 e. The molecular weight excluding hydrogens is 448 g/mol. The lowest BCUT2D eigenvalue weighted by Gasteiger charge is -2.37. The number of hydrogen-bond acceptors (Lipinski definition) is 4. The summed E-state index contributed by atoms with van der Waals surface area (Å²) < 4.78 is 2.30. The number of unbranched alkanes of at least 4 members (excludes halogenated alkanes) is 1. The zero-order valence-electron chi connectivity index (χ0n) is 17.6. The average Bonchev–Trinajstić information content (AvgIpc) is 2.74. The lowest BCUT2D eigenvalue weighted by molar-refractivity contribution is -0.138. The van der Waals surface area contributed by atoms with Crippen LogP contribution in [0, 0.1) is 5.92 Å². The summed E-state index contributed by atoms with van der Waals surface area (Å²) >= 11 is 3.38. The van der Waals surface area contributed by atoms with Crippen LogP contribution in [0.4, 0.5) is 0 Å². The number of nitrogens with one attached hydrogen (secondary N) is 1. The number of carbonyl (C=O) groups is 2. The van der Waals surface area contributed by atoms with E-state index >= 15 is 0 Å². The molecule has 0 radical (unpaired) electrons. The van der Waals surface area contributed by atoms with Crippen LogP contribution in [0.3, 0.4) is 0 Å². The summed E-state index contributed by atoms with van der Waals surface area (Å²) in [5, 5.41) is 3.50. The van der Waals surface area contributed by atoms with Gasteiger partial charge in [0, 0.05) is 36.6 Å². The lowest BCUT2D eigenvalue weighted by Crippen LogP contribution is -2.49. The molecular formula is C22H29BrN4O3. The molecule has 0 bridgehead atoms. The van der Waals surface area contributed by atoms with Gasteiger partial charge in [0.15, 0.2) is 0 Å². The molecule has 3 rings (SSSR count). The highest BCUT2D eigenvalue weighted by Crippen LogP contribution is 2.23. The Morgan fingerprint density at radius 2 is 2.10 bits per heavy atom. The van der Waals surface area contributed by atoms with E-state index in [0.717, 1.165) is 30.2 Å². The molecule has 162 valence electrons. The normalized spacial score (nSPS) is 19.1. The number of nitrogens with zero attached hydrogens (tertiary/aromatic N) is 3. The van der Waals surface area contributed by atoms with E-state index in [4.69, 9.17) is 0 Å². The Balaban J connectivity index is 1.63. The second-order valence-corrected chi connectivity index (χ2v) is 8.88. The maximum Gasteiger partial charge on any atom is 0.261 e. The molecule has 1 fully saturated rings. The Hall–Kier alpha value is -2.22. The van der Waals surface area contributed by atoms with Crippen LogP contribution in [-0.2, 0) is 16.1 Å². The zero-order valence-corrected chi connectivity index (χ0v) is 19.2. The third-order valence-corrected chi connectivity index (χ3v) is 6.25. The number of aryl methyl sites for hydroxylation is 1. The fourth-order valence-electron chi connectivity index (χ4n) is 3.85. The van der Waals surface area contributed by atoms with Crippen molar-refractivity contribution in [3.63, 3.8) is 0 Å². The van der Waals surface area contributed by atoms with E-state index in [1.54, 1.807) is 17.0 Å². The molecule has 7 nitrogen and oxygen atoms in total. The molecule has 2 aromatic rings. The number of rotatable bonds is 7. The van der Waals surface area contributed by atoms with Crippen molar-refractivity contribution in [3.8, 4) is 0 Å². The average molecular weight is 477 g/mol. The second kappa shape index (κ2) is 10.2. The number of piperidine rings is 1. The third kappa shape index (κ3) is 5.28. The Bertz CT molecular complexity index is 974. The molecule has 0 aliphatic carbocycles. The predicted molar refractivity (Wildman–Crippen MR) is 120 cm³/mol. The molecule has 2 heterocycles. The number of aromatic nitrogens is 2. The van der Waals surface area contributed by atoms with Crippen molar-refractivity contribution in [1.29, 1.82) is 0 Å². The van der Waals surface area contributed by atoms with Crippen molar-refractivity contribution in [1.82, 2.24) is 19.8 Å². The van der Waals surface area contributed by atoms with Gasteiger partial charge in [-0.05, 0) is 44.4 Å². The van der Waals surface area contributed by atoms with E-state index in [1.807, 2.05) is 13.0 Å². The summed E-state index contributed by atoms with van der Waals surface area (Å²) in [5.74, 6) is -0.159. The smallest absolute Gasteiger partial charge is 0.261 e. The van der Waals surface area contributed by atoms with Crippen molar-refractivity contribution in [2.45, 2.75) is 58.5 Å². The molecule has 1 aromatic heterocycles. The highest BCUT2D eigenvalue weighted by atomic mass is 79.9. The van der Waals surface area contributed by atoms with E-state index < -0.39 is 0 Å². The van der Waals surface area contributed by atoms with E-state index in [2.05, 4.69) is 33.2 Å². The van der Waals surface area contributed by atoms with Gasteiger partial charge in [-0.25, -0.2) is 4.98 Å². The number of halogens is 1. The van der Waals surface area contributed by atoms with Crippen LogP contribution in [0.15, 0.2) is 33.8 Å². The molecule has 1 aliphatic heterocycles. The molecule has 2 atom stereocenters. The van der Waals surface area contributed by atoms with Gasteiger partial charge >= 0.3 is 0 Å². The van der Waals surface area contributed by atoms with Gasteiger partial charge in [-0.3, -0.25) is 19.0 Å². The van der Waals surface area contributed by atoms with Gasteiger partial charge < -0.3 is 10.2 Å². The Labute approximate surface area is 185 Å². The minimum absolute atomic E-state index is 0.0326. The van der Waals surface area contributed by atoms with Gasteiger partial charge in [-0.15, -0.1) is 0 Å².